The van der Waals surface area contributed by atoms with Crippen LogP contribution >= 0.6 is 0 Å². The Morgan fingerprint density at radius 3 is 1.14 bits per heavy atom. The van der Waals surface area contributed by atoms with Crippen molar-refractivity contribution in [3.05, 3.63) is 179 Å². The largest absolute Gasteiger partial charge is 0.469 e. The third kappa shape index (κ3) is 23.2. The van der Waals surface area contributed by atoms with Gasteiger partial charge >= 0.3 is 11.9 Å². The molecular weight excluding hydrogens is 1060 g/mol. The van der Waals surface area contributed by atoms with E-state index in [1.54, 1.807) is 7.11 Å². The zero-order chi connectivity index (χ0) is 57.9. The van der Waals surface area contributed by atoms with Gasteiger partial charge in [-0.05, 0) is 53.5 Å². The highest BCUT2D eigenvalue weighted by atomic mass is 16.8. The highest BCUT2D eigenvalue weighted by Gasteiger charge is 2.54. The maximum absolute atomic E-state index is 11.7. The second kappa shape index (κ2) is 38.5. The third-order valence-electron chi connectivity index (χ3n) is 14.9. The van der Waals surface area contributed by atoms with E-state index in [0.717, 1.165) is 105 Å². The average Bonchev–Trinajstić information content (AvgIpc) is 3.62. The summed E-state index contributed by atoms with van der Waals surface area (Å²) in [7, 11) is 4.51. The molecule has 452 valence electrons. The van der Waals surface area contributed by atoms with Crippen LogP contribution in [0.5, 0.6) is 0 Å². The van der Waals surface area contributed by atoms with E-state index < -0.39 is 61.4 Å². The van der Waals surface area contributed by atoms with Gasteiger partial charge in [-0.25, -0.2) is 0 Å². The molecular formula is C68H90O15. The third-order valence-corrected chi connectivity index (χ3v) is 14.9. The van der Waals surface area contributed by atoms with Crippen LogP contribution in [0.1, 0.15) is 118 Å². The van der Waals surface area contributed by atoms with Crippen molar-refractivity contribution in [2.75, 3.05) is 47.8 Å². The topological polar surface area (TPSA) is 154 Å². The second-order valence-corrected chi connectivity index (χ2v) is 21.3. The Kier molecular flexibility index (Phi) is 30.2. The van der Waals surface area contributed by atoms with Crippen LogP contribution in [0.3, 0.4) is 0 Å². The molecule has 15 heteroatoms. The number of rotatable bonds is 40. The maximum atomic E-state index is 11.7. The molecule has 2 aliphatic heterocycles. The van der Waals surface area contributed by atoms with E-state index in [2.05, 4.69) is 0 Å². The van der Waals surface area contributed by atoms with Crippen molar-refractivity contribution in [2.24, 2.45) is 0 Å². The number of hydrogen-bond donors (Lipinski definition) is 0. The number of unbranched alkanes of at least 4 members (excludes halogenated alkanes) is 10. The molecule has 10 atom stereocenters. The Morgan fingerprint density at radius 1 is 0.349 bits per heavy atom. The van der Waals surface area contributed by atoms with Crippen molar-refractivity contribution >= 4 is 11.9 Å². The first kappa shape index (κ1) is 65.1. The lowest BCUT2D eigenvalue weighted by molar-refractivity contribution is -0.383. The monoisotopic (exact) mass is 1150 g/mol. The minimum Gasteiger partial charge on any atom is -0.469 e. The number of hydrogen-bond acceptors (Lipinski definition) is 15. The molecule has 0 saturated carbocycles. The van der Waals surface area contributed by atoms with E-state index in [1.807, 2.05) is 152 Å². The molecule has 0 radical (unpaired) electrons. The fourth-order valence-corrected chi connectivity index (χ4v) is 10.4. The number of esters is 2. The van der Waals surface area contributed by atoms with Gasteiger partial charge in [-0.15, -0.1) is 0 Å². The molecule has 0 aliphatic carbocycles. The van der Waals surface area contributed by atoms with Crippen molar-refractivity contribution in [3.8, 4) is 0 Å². The van der Waals surface area contributed by atoms with Gasteiger partial charge in [0.05, 0.1) is 60.5 Å². The summed E-state index contributed by atoms with van der Waals surface area (Å²) in [5.41, 5.74) is 4.90. The first-order chi connectivity index (χ1) is 40.9. The first-order valence-electron chi connectivity index (χ1n) is 30.0. The Balaban J connectivity index is 1.23. The summed E-state index contributed by atoms with van der Waals surface area (Å²) >= 11 is 0. The van der Waals surface area contributed by atoms with Crippen LogP contribution in [0.2, 0.25) is 0 Å². The molecule has 2 fully saturated rings. The van der Waals surface area contributed by atoms with Crippen molar-refractivity contribution in [2.45, 2.75) is 184 Å². The van der Waals surface area contributed by atoms with Crippen molar-refractivity contribution in [3.63, 3.8) is 0 Å². The van der Waals surface area contributed by atoms with Crippen molar-refractivity contribution in [1.82, 2.24) is 0 Å². The quantitative estimate of drug-likeness (QED) is 0.0270. The first-order valence-corrected chi connectivity index (χ1v) is 30.0. The number of benzene rings is 5. The van der Waals surface area contributed by atoms with Crippen LogP contribution < -0.4 is 0 Å². The van der Waals surface area contributed by atoms with E-state index in [0.29, 0.717) is 32.7 Å². The molecule has 7 rings (SSSR count). The van der Waals surface area contributed by atoms with Crippen molar-refractivity contribution in [1.29, 1.82) is 0 Å². The highest BCUT2D eigenvalue weighted by Crippen LogP contribution is 2.37. The van der Waals surface area contributed by atoms with Crippen LogP contribution in [0.25, 0.3) is 0 Å². The standard InChI is InChI=1S/C68H90O15/c1-71-50-57-61(75-43-29-10-6-4-8-27-41-59(69)72-2)64(79-48-55-37-23-15-24-38-55)66(67(81-57)76-44-30-11-7-5-9-28-42-60(70)73-3)83-68-65(80-49-56-39-25-16-26-40-56)63(78-47-54-35-21-14-22-36-54)62(77-46-53-33-19-13-20-34-53)58(82-68)51-74-45-52-31-17-12-18-32-52/h12-26,31-40,57-58,61-68H,4-11,27-30,41-51H2,1-3H3/t57-,58-,61-,62-,63+,64+,65-,66-,67+,68+/m1/s1. The van der Waals surface area contributed by atoms with E-state index in [4.69, 9.17) is 61.6 Å². The van der Waals surface area contributed by atoms with Gasteiger partial charge in [0.2, 0.25) is 0 Å². The molecule has 5 aromatic carbocycles. The molecule has 0 N–H and O–H groups in total. The van der Waals surface area contributed by atoms with Crippen LogP contribution in [0.15, 0.2) is 152 Å². The molecule has 2 heterocycles. The van der Waals surface area contributed by atoms with Gasteiger partial charge in [-0.2, -0.15) is 0 Å². The highest BCUT2D eigenvalue weighted by molar-refractivity contribution is 5.69. The van der Waals surface area contributed by atoms with E-state index in [9.17, 15) is 9.59 Å². The Hall–Kier alpha value is -5.40. The number of carbonyl (C=O) groups excluding carboxylic acids is 2. The van der Waals surface area contributed by atoms with Gasteiger partial charge in [0.15, 0.2) is 12.6 Å². The molecule has 0 unspecified atom stereocenters. The average molecular weight is 1150 g/mol. The predicted molar refractivity (Wildman–Crippen MR) is 315 cm³/mol. The van der Waals surface area contributed by atoms with E-state index in [1.165, 1.54) is 14.2 Å². The Labute approximate surface area is 492 Å². The molecule has 0 amide bonds. The zero-order valence-electron chi connectivity index (χ0n) is 49.1. The fourth-order valence-electron chi connectivity index (χ4n) is 10.4. The van der Waals surface area contributed by atoms with Gasteiger partial charge in [0.1, 0.15) is 48.8 Å². The van der Waals surface area contributed by atoms with E-state index in [-0.39, 0.29) is 51.6 Å². The summed E-state index contributed by atoms with van der Waals surface area (Å²) in [5.74, 6) is -0.357. The Bertz CT molecular complexity index is 2460. The maximum Gasteiger partial charge on any atom is 0.305 e. The number of carbonyl (C=O) groups is 2. The normalized spacial score (nSPS) is 22.5. The molecule has 2 saturated heterocycles. The molecule has 15 nitrogen and oxygen atoms in total. The smallest absolute Gasteiger partial charge is 0.305 e. The van der Waals surface area contributed by atoms with Gasteiger partial charge < -0.3 is 61.6 Å². The van der Waals surface area contributed by atoms with Crippen LogP contribution in [-0.4, -0.2) is 121 Å². The fraction of sp³-hybridized carbons (Fsp3) is 0.529. The SMILES string of the molecule is COC[C@H]1O[C@H](OCCCCCCCCC(=O)OC)[C@H](O[C@@H]2O[C@H](COCc3ccccc3)[C@@H](OCc3ccccc3)[C@H](OCc3ccccc3)[C@H]2OCc2ccccc2)[C@@H](OCc2ccccc2)[C@@H]1OCCCCCCCCC(=O)OC. The summed E-state index contributed by atoms with van der Waals surface area (Å²) in [4.78, 5) is 23.4. The lowest BCUT2D eigenvalue weighted by Crippen LogP contribution is -2.66. The molecule has 0 aromatic heterocycles. The molecule has 2 aliphatic rings. The Morgan fingerprint density at radius 2 is 0.699 bits per heavy atom. The number of ether oxygens (including phenoxy) is 13. The molecule has 0 spiro atoms. The summed E-state index contributed by atoms with van der Waals surface area (Å²) in [6.45, 7) is 2.46. The lowest BCUT2D eigenvalue weighted by atomic mass is 9.96. The predicted octanol–water partition coefficient (Wildman–Crippen LogP) is 12.2. The number of methoxy groups -OCH3 is 3. The van der Waals surface area contributed by atoms with Gasteiger partial charge in [0, 0.05) is 33.2 Å². The molecule has 83 heavy (non-hydrogen) atoms. The van der Waals surface area contributed by atoms with Gasteiger partial charge in [0.25, 0.3) is 0 Å². The molecule has 5 aromatic rings. The van der Waals surface area contributed by atoms with E-state index >= 15 is 0 Å². The van der Waals surface area contributed by atoms with Crippen LogP contribution in [0, 0.1) is 0 Å². The van der Waals surface area contributed by atoms with Crippen LogP contribution in [0.4, 0.5) is 0 Å². The minimum absolute atomic E-state index is 0.134. The minimum atomic E-state index is -1.12. The summed E-state index contributed by atoms with van der Waals surface area (Å²) < 4.78 is 86.2. The van der Waals surface area contributed by atoms with Crippen molar-refractivity contribution < 1.29 is 71.2 Å². The summed E-state index contributed by atoms with van der Waals surface area (Å²) in [6.07, 6.45) is 3.58. The second-order valence-electron chi connectivity index (χ2n) is 21.3. The molecule has 0 bridgehead atoms. The van der Waals surface area contributed by atoms with Crippen LogP contribution in [-0.2, 0) is 104 Å². The zero-order valence-corrected chi connectivity index (χ0v) is 49.1. The van der Waals surface area contributed by atoms with Gasteiger partial charge in [-0.3, -0.25) is 9.59 Å². The summed E-state index contributed by atoms with van der Waals surface area (Å²) in [6, 6.07) is 50.3. The van der Waals surface area contributed by atoms with Gasteiger partial charge in [-0.1, -0.05) is 203 Å². The lowest BCUT2D eigenvalue weighted by Gasteiger charge is -2.50. The summed E-state index contributed by atoms with van der Waals surface area (Å²) in [5, 5.41) is 0.